The van der Waals surface area contributed by atoms with Crippen molar-refractivity contribution in [1.29, 1.82) is 5.26 Å². The van der Waals surface area contributed by atoms with Crippen LogP contribution >= 0.6 is 11.3 Å². The SMILES string of the molecule is Cc1ccc(C(=O)O[C@H](C)C(=O)NC2(C#N)CCCCC2)s1. The number of nitrogens with one attached hydrogen (secondary N) is 1. The Morgan fingerprint density at radius 2 is 2.05 bits per heavy atom. The number of hydrogen-bond acceptors (Lipinski definition) is 5. The largest absolute Gasteiger partial charge is 0.448 e. The van der Waals surface area contributed by atoms with Crippen LogP contribution in [-0.4, -0.2) is 23.5 Å². The van der Waals surface area contributed by atoms with Gasteiger partial charge in [-0.2, -0.15) is 5.26 Å². The van der Waals surface area contributed by atoms with E-state index in [9.17, 15) is 14.9 Å². The zero-order valence-corrected chi connectivity index (χ0v) is 13.7. The molecule has 118 valence electrons. The van der Waals surface area contributed by atoms with Crippen molar-refractivity contribution in [2.24, 2.45) is 0 Å². The Hall–Kier alpha value is -1.87. The van der Waals surface area contributed by atoms with Crippen LogP contribution in [-0.2, 0) is 9.53 Å². The number of rotatable bonds is 4. The van der Waals surface area contributed by atoms with Crippen molar-refractivity contribution in [2.75, 3.05) is 0 Å². The minimum atomic E-state index is -0.915. The molecule has 5 nitrogen and oxygen atoms in total. The second kappa shape index (κ2) is 6.93. The normalized spacial score (nSPS) is 18.0. The van der Waals surface area contributed by atoms with E-state index in [-0.39, 0.29) is 0 Å². The molecule has 1 aromatic rings. The summed E-state index contributed by atoms with van der Waals surface area (Å²) in [6.07, 6.45) is 3.33. The maximum Gasteiger partial charge on any atom is 0.349 e. The van der Waals surface area contributed by atoms with Crippen molar-refractivity contribution in [2.45, 2.75) is 57.6 Å². The van der Waals surface area contributed by atoms with Crippen LogP contribution in [0.3, 0.4) is 0 Å². The molecule has 0 unspecified atom stereocenters. The average molecular weight is 320 g/mol. The summed E-state index contributed by atoms with van der Waals surface area (Å²) < 4.78 is 5.19. The molecule has 1 aromatic heterocycles. The number of carbonyl (C=O) groups is 2. The molecule has 1 fully saturated rings. The van der Waals surface area contributed by atoms with E-state index in [4.69, 9.17) is 4.74 Å². The fraction of sp³-hybridized carbons (Fsp3) is 0.562. The van der Waals surface area contributed by atoms with Gasteiger partial charge < -0.3 is 10.1 Å². The molecule has 2 rings (SSSR count). The second-order valence-corrected chi connectivity index (χ2v) is 6.99. The van der Waals surface area contributed by atoms with Crippen LogP contribution < -0.4 is 5.32 Å². The van der Waals surface area contributed by atoms with Gasteiger partial charge in [-0.25, -0.2) is 4.79 Å². The van der Waals surface area contributed by atoms with Crippen molar-refractivity contribution in [3.63, 3.8) is 0 Å². The van der Waals surface area contributed by atoms with Gasteiger partial charge in [-0.1, -0.05) is 19.3 Å². The van der Waals surface area contributed by atoms with Crippen LogP contribution in [0.5, 0.6) is 0 Å². The Morgan fingerprint density at radius 3 is 2.59 bits per heavy atom. The molecule has 1 saturated carbocycles. The van der Waals surface area contributed by atoms with E-state index in [1.807, 2.05) is 13.0 Å². The molecule has 0 spiro atoms. The third kappa shape index (κ3) is 3.86. The fourth-order valence-electron chi connectivity index (χ4n) is 2.57. The Bertz CT molecular complexity index is 597. The first-order chi connectivity index (χ1) is 10.5. The van der Waals surface area contributed by atoms with E-state index in [0.717, 1.165) is 24.1 Å². The number of esters is 1. The minimum absolute atomic E-state index is 0.412. The standard InChI is InChI=1S/C16H20N2O3S/c1-11-6-7-13(22-11)15(20)21-12(2)14(19)18-16(10-17)8-4-3-5-9-16/h6-7,12H,3-5,8-9H2,1-2H3,(H,18,19)/t12-/m1/s1. The van der Waals surface area contributed by atoms with Crippen molar-refractivity contribution >= 4 is 23.2 Å². The van der Waals surface area contributed by atoms with E-state index in [1.54, 1.807) is 6.07 Å². The number of amides is 1. The monoisotopic (exact) mass is 320 g/mol. The fourth-order valence-corrected chi connectivity index (χ4v) is 3.32. The molecule has 22 heavy (non-hydrogen) atoms. The number of ether oxygens (including phenoxy) is 1. The number of nitriles is 1. The summed E-state index contributed by atoms with van der Waals surface area (Å²) in [5.74, 6) is -0.916. The molecule has 1 N–H and O–H groups in total. The lowest BCUT2D eigenvalue weighted by Crippen LogP contribution is -2.52. The topological polar surface area (TPSA) is 79.2 Å². The molecule has 0 radical (unpaired) electrons. The molecular formula is C16H20N2O3S. The van der Waals surface area contributed by atoms with E-state index >= 15 is 0 Å². The Balaban J connectivity index is 1.94. The van der Waals surface area contributed by atoms with Crippen molar-refractivity contribution in [3.8, 4) is 6.07 Å². The molecule has 1 aliphatic carbocycles. The molecule has 1 aliphatic rings. The highest BCUT2D eigenvalue weighted by molar-refractivity contribution is 7.13. The van der Waals surface area contributed by atoms with Crippen LogP contribution in [0.2, 0.25) is 0 Å². The molecule has 0 bridgehead atoms. The summed E-state index contributed by atoms with van der Waals surface area (Å²) in [6.45, 7) is 3.43. The van der Waals surface area contributed by atoms with Gasteiger partial charge in [0.05, 0.1) is 6.07 Å². The predicted octanol–water partition coefficient (Wildman–Crippen LogP) is 2.94. The smallest absolute Gasteiger partial charge is 0.349 e. The lowest BCUT2D eigenvalue weighted by Gasteiger charge is -2.32. The first-order valence-corrected chi connectivity index (χ1v) is 8.28. The first-order valence-electron chi connectivity index (χ1n) is 7.46. The van der Waals surface area contributed by atoms with Crippen LogP contribution in [0, 0.1) is 18.3 Å². The highest BCUT2D eigenvalue weighted by Gasteiger charge is 2.35. The van der Waals surface area contributed by atoms with Gasteiger partial charge in [0.25, 0.3) is 5.91 Å². The summed E-state index contributed by atoms with van der Waals surface area (Å²) in [6, 6.07) is 5.74. The summed E-state index contributed by atoms with van der Waals surface area (Å²) in [4.78, 5) is 25.7. The van der Waals surface area contributed by atoms with Gasteiger partial charge in [-0.3, -0.25) is 4.79 Å². The van der Waals surface area contributed by atoms with Crippen molar-refractivity contribution in [1.82, 2.24) is 5.32 Å². The molecule has 0 saturated heterocycles. The maximum atomic E-state index is 12.2. The maximum absolute atomic E-state index is 12.2. The van der Waals surface area contributed by atoms with E-state index in [1.165, 1.54) is 18.3 Å². The summed E-state index contributed by atoms with van der Waals surface area (Å²) in [7, 11) is 0. The molecule has 0 aliphatic heterocycles. The van der Waals surface area contributed by atoms with Crippen LogP contribution in [0.4, 0.5) is 0 Å². The number of hydrogen-bond donors (Lipinski definition) is 1. The van der Waals surface area contributed by atoms with Gasteiger partial charge in [0.1, 0.15) is 10.4 Å². The Labute approximate surface area is 134 Å². The summed E-state index contributed by atoms with van der Waals surface area (Å²) in [5.41, 5.74) is -0.810. The molecule has 0 aromatic carbocycles. The number of aryl methyl sites for hydroxylation is 1. The highest BCUT2D eigenvalue weighted by Crippen LogP contribution is 2.27. The molecule has 1 amide bonds. The van der Waals surface area contributed by atoms with Crippen LogP contribution in [0.1, 0.15) is 53.6 Å². The number of thiophene rings is 1. The zero-order chi connectivity index (χ0) is 16.2. The van der Waals surface area contributed by atoms with Gasteiger partial charge in [-0.05, 0) is 38.8 Å². The van der Waals surface area contributed by atoms with Crippen molar-refractivity contribution < 1.29 is 14.3 Å². The van der Waals surface area contributed by atoms with Gasteiger partial charge in [0.15, 0.2) is 6.10 Å². The van der Waals surface area contributed by atoms with Crippen LogP contribution in [0.15, 0.2) is 12.1 Å². The average Bonchev–Trinajstić information content (AvgIpc) is 2.94. The van der Waals surface area contributed by atoms with E-state index < -0.39 is 23.5 Å². The Morgan fingerprint density at radius 1 is 1.36 bits per heavy atom. The molecular weight excluding hydrogens is 300 g/mol. The molecule has 6 heteroatoms. The van der Waals surface area contributed by atoms with Gasteiger partial charge >= 0.3 is 5.97 Å². The van der Waals surface area contributed by atoms with E-state index in [0.29, 0.717) is 17.7 Å². The van der Waals surface area contributed by atoms with Crippen molar-refractivity contribution in [3.05, 3.63) is 21.9 Å². The van der Waals surface area contributed by atoms with Gasteiger partial charge in [0, 0.05) is 4.88 Å². The van der Waals surface area contributed by atoms with Crippen LogP contribution in [0.25, 0.3) is 0 Å². The quantitative estimate of drug-likeness (QED) is 0.865. The lowest BCUT2D eigenvalue weighted by atomic mass is 9.83. The molecule has 1 atom stereocenters. The predicted molar refractivity (Wildman–Crippen MR) is 83.5 cm³/mol. The third-order valence-electron chi connectivity index (χ3n) is 3.88. The number of nitrogens with zero attached hydrogens (tertiary/aromatic N) is 1. The zero-order valence-electron chi connectivity index (χ0n) is 12.8. The Kier molecular flexibility index (Phi) is 5.19. The lowest BCUT2D eigenvalue weighted by molar-refractivity contribution is -0.130. The first kappa shape index (κ1) is 16.5. The van der Waals surface area contributed by atoms with Gasteiger partial charge in [-0.15, -0.1) is 11.3 Å². The van der Waals surface area contributed by atoms with E-state index in [2.05, 4.69) is 11.4 Å². The third-order valence-corrected chi connectivity index (χ3v) is 4.86. The highest BCUT2D eigenvalue weighted by atomic mass is 32.1. The molecule has 1 heterocycles. The second-order valence-electron chi connectivity index (χ2n) is 5.70. The minimum Gasteiger partial charge on any atom is -0.448 e. The van der Waals surface area contributed by atoms with Gasteiger partial charge in [0.2, 0.25) is 0 Å². The summed E-state index contributed by atoms with van der Waals surface area (Å²) >= 11 is 1.33. The number of carbonyl (C=O) groups excluding carboxylic acids is 2. The summed E-state index contributed by atoms with van der Waals surface area (Å²) in [5, 5.41) is 12.1.